The van der Waals surface area contributed by atoms with Crippen molar-refractivity contribution in [3.05, 3.63) is 59.4 Å². The number of nitrogens with two attached hydrogens (primary N) is 1. The van der Waals surface area contributed by atoms with Gasteiger partial charge in [-0.1, -0.05) is 17.7 Å². The zero-order valence-electron chi connectivity index (χ0n) is 11.6. The van der Waals surface area contributed by atoms with E-state index in [0.29, 0.717) is 17.8 Å². The second-order valence-electron chi connectivity index (χ2n) is 4.68. The molecule has 5 nitrogen and oxygen atoms in total. The Morgan fingerprint density at radius 3 is 2.80 bits per heavy atom. The summed E-state index contributed by atoms with van der Waals surface area (Å²) in [7, 11) is 1.75. The van der Waals surface area contributed by atoms with Crippen molar-refractivity contribution in [2.45, 2.75) is 13.5 Å². The van der Waals surface area contributed by atoms with Crippen LogP contribution in [0.2, 0.25) is 0 Å². The highest BCUT2D eigenvalue weighted by Gasteiger charge is 2.16. The number of carbonyl (C=O) groups is 1. The predicted octanol–water partition coefficient (Wildman–Crippen LogP) is 1.95. The minimum absolute atomic E-state index is 0.0905. The number of nitrogen functional groups attached to an aromatic ring is 1. The SMILES string of the molecule is Cc1ccc(NN)c(C(=O)N(C)Cc2ccccn2)c1. The minimum Gasteiger partial charge on any atom is -0.336 e. The van der Waals surface area contributed by atoms with Crippen molar-refractivity contribution in [2.24, 2.45) is 5.84 Å². The van der Waals surface area contributed by atoms with Gasteiger partial charge in [-0.05, 0) is 31.2 Å². The molecule has 0 saturated heterocycles. The number of nitrogens with zero attached hydrogens (tertiary/aromatic N) is 2. The highest BCUT2D eigenvalue weighted by Crippen LogP contribution is 2.18. The fourth-order valence-electron chi connectivity index (χ4n) is 1.97. The summed E-state index contributed by atoms with van der Waals surface area (Å²) in [5, 5.41) is 0. The molecule has 2 rings (SSSR count). The summed E-state index contributed by atoms with van der Waals surface area (Å²) >= 11 is 0. The first-order chi connectivity index (χ1) is 9.61. The average molecular weight is 270 g/mol. The lowest BCUT2D eigenvalue weighted by Gasteiger charge is -2.19. The molecule has 0 bridgehead atoms. The molecule has 0 saturated carbocycles. The number of amides is 1. The van der Waals surface area contributed by atoms with E-state index < -0.39 is 0 Å². The van der Waals surface area contributed by atoms with Gasteiger partial charge in [-0.2, -0.15) is 0 Å². The summed E-state index contributed by atoms with van der Waals surface area (Å²) in [6, 6.07) is 11.2. The molecule has 0 fully saturated rings. The molecule has 1 heterocycles. The van der Waals surface area contributed by atoms with Crippen LogP contribution < -0.4 is 11.3 Å². The van der Waals surface area contributed by atoms with Crippen molar-refractivity contribution in [3.8, 4) is 0 Å². The smallest absolute Gasteiger partial charge is 0.256 e. The maximum absolute atomic E-state index is 12.5. The molecule has 0 atom stereocenters. The molecule has 0 radical (unpaired) electrons. The molecule has 5 heteroatoms. The summed E-state index contributed by atoms with van der Waals surface area (Å²) in [5.74, 6) is 5.37. The lowest BCUT2D eigenvalue weighted by atomic mass is 10.1. The Labute approximate surface area is 118 Å². The van der Waals surface area contributed by atoms with Gasteiger partial charge in [-0.3, -0.25) is 15.6 Å². The van der Waals surface area contributed by atoms with Crippen LogP contribution in [0.5, 0.6) is 0 Å². The summed E-state index contributed by atoms with van der Waals surface area (Å²) < 4.78 is 0. The monoisotopic (exact) mass is 270 g/mol. The molecule has 104 valence electrons. The fourth-order valence-corrected chi connectivity index (χ4v) is 1.97. The first-order valence-electron chi connectivity index (χ1n) is 6.34. The van der Waals surface area contributed by atoms with Crippen molar-refractivity contribution in [1.82, 2.24) is 9.88 Å². The number of anilines is 1. The Balaban J connectivity index is 2.20. The molecule has 3 N–H and O–H groups in total. The number of benzene rings is 1. The molecule has 0 unspecified atom stereocenters. The standard InChI is InChI=1S/C15H18N4O/c1-11-6-7-14(18-16)13(9-11)15(20)19(2)10-12-5-3-4-8-17-12/h3-9,18H,10,16H2,1-2H3. The first-order valence-corrected chi connectivity index (χ1v) is 6.34. The van der Waals surface area contributed by atoms with E-state index in [1.54, 1.807) is 24.2 Å². The number of hydrogen-bond acceptors (Lipinski definition) is 4. The average Bonchev–Trinajstić information content (AvgIpc) is 2.47. The van der Waals surface area contributed by atoms with E-state index in [-0.39, 0.29) is 5.91 Å². The van der Waals surface area contributed by atoms with Crippen LogP contribution in [0.25, 0.3) is 0 Å². The molecule has 1 aromatic carbocycles. The van der Waals surface area contributed by atoms with Gasteiger partial charge in [0.15, 0.2) is 0 Å². The third-order valence-corrected chi connectivity index (χ3v) is 3.03. The Hall–Kier alpha value is -2.40. The Bertz CT molecular complexity index is 598. The molecule has 0 aliphatic rings. The third-order valence-electron chi connectivity index (χ3n) is 3.03. The van der Waals surface area contributed by atoms with Crippen LogP contribution in [-0.2, 0) is 6.54 Å². The van der Waals surface area contributed by atoms with Gasteiger partial charge >= 0.3 is 0 Å². The number of hydrazine groups is 1. The summed E-state index contributed by atoms with van der Waals surface area (Å²) in [6.07, 6.45) is 1.72. The quantitative estimate of drug-likeness (QED) is 0.658. The van der Waals surface area contributed by atoms with Crippen LogP contribution in [-0.4, -0.2) is 22.8 Å². The van der Waals surface area contributed by atoms with E-state index in [4.69, 9.17) is 5.84 Å². The van der Waals surface area contributed by atoms with Crippen LogP contribution in [0.3, 0.4) is 0 Å². The maximum Gasteiger partial charge on any atom is 0.256 e. The molecule has 0 aliphatic heterocycles. The van der Waals surface area contributed by atoms with Crippen LogP contribution >= 0.6 is 0 Å². The molecule has 2 aromatic rings. The lowest BCUT2D eigenvalue weighted by Crippen LogP contribution is -2.28. The molecule has 0 spiro atoms. The van der Waals surface area contributed by atoms with Crippen molar-refractivity contribution < 1.29 is 4.79 Å². The van der Waals surface area contributed by atoms with Crippen molar-refractivity contribution >= 4 is 11.6 Å². The number of pyridine rings is 1. The second kappa shape index (κ2) is 6.16. The van der Waals surface area contributed by atoms with Crippen LogP contribution in [0.15, 0.2) is 42.6 Å². The van der Waals surface area contributed by atoms with Gasteiger partial charge in [0.25, 0.3) is 5.91 Å². The van der Waals surface area contributed by atoms with Gasteiger partial charge in [0.05, 0.1) is 23.5 Å². The summed E-state index contributed by atoms with van der Waals surface area (Å²) in [4.78, 5) is 18.3. The van der Waals surface area contributed by atoms with E-state index in [9.17, 15) is 4.79 Å². The van der Waals surface area contributed by atoms with Gasteiger partial charge in [-0.15, -0.1) is 0 Å². The molecule has 20 heavy (non-hydrogen) atoms. The number of nitrogens with one attached hydrogen (secondary N) is 1. The molecule has 0 aliphatic carbocycles. The molecule has 1 amide bonds. The highest BCUT2D eigenvalue weighted by atomic mass is 16.2. The maximum atomic E-state index is 12.5. The van der Waals surface area contributed by atoms with Crippen molar-refractivity contribution in [2.75, 3.05) is 12.5 Å². The molecular formula is C15H18N4O. The van der Waals surface area contributed by atoms with Gasteiger partial charge in [0, 0.05) is 13.2 Å². The Morgan fingerprint density at radius 1 is 1.35 bits per heavy atom. The van der Waals surface area contributed by atoms with Gasteiger partial charge in [0.1, 0.15) is 0 Å². The number of aryl methyl sites for hydroxylation is 1. The number of carbonyl (C=O) groups excluding carboxylic acids is 1. The molecular weight excluding hydrogens is 252 g/mol. The molecule has 1 aromatic heterocycles. The van der Waals surface area contributed by atoms with E-state index in [1.165, 1.54) is 0 Å². The summed E-state index contributed by atoms with van der Waals surface area (Å²) in [5.41, 5.74) is 5.60. The van der Waals surface area contributed by atoms with Crippen molar-refractivity contribution in [1.29, 1.82) is 0 Å². The van der Waals surface area contributed by atoms with Gasteiger partial charge < -0.3 is 10.3 Å². The number of aromatic nitrogens is 1. The zero-order chi connectivity index (χ0) is 14.5. The zero-order valence-corrected chi connectivity index (χ0v) is 11.6. The number of hydrogen-bond donors (Lipinski definition) is 2. The summed E-state index contributed by atoms with van der Waals surface area (Å²) in [6.45, 7) is 2.40. The van der Waals surface area contributed by atoms with E-state index in [1.807, 2.05) is 37.3 Å². The minimum atomic E-state index is -0.0905. The van der Waals surface area contributed by atoms with Crippen LogP contribution in [0.4, 0.5) is 5.69 Å². The Morgan fingerprint density at radius 2 is 2.15 bits per heavy atom. The van der Waals surface area contributed by atoms with E-state index >= 15 is 0 Å². The van der Waals surface area contributed by atoms with E-state index in [0.717, 1.165) is 11.3 Å². The highest BCUT2D eigenvalue weighted by molar-refractivity contribution is 5.99. The largest absolute Gasteiger partial charge is 0.336 e. The topological polar surface area (TPSA) is 71.2 Å². The third kappa shape index (κ3) is 3.13. The fraction of sp³-hybridized carbons (Fsp3) is 0.200. The normalized spacial score (nSPS) is 10.2. The lowest BCUT2D eigenvalue weighted by molar-refractivity contribution is 0.0784. The predicted molar refractivity (Wildman–Crippen MR) is 79.0 cm³/mol. The van der Waals surface area contributed by atoms with E-state index in [2.05, 4.69) is 10.4 Å². The van der Waals surface area contributed by atoms with Crippen LogP contribution in [0.1, 0.15) is 21.6 Å². The van der Waals surface area contributed by atoms with Gasteiger partial charge in [-0.25, -0.2) is 0 Å². The van der Waals surface area contributed by atoms with Crippen LogP contribution in [0, 0.1) is 6.92 Å². The first kappa shape index (κ1) is 14.0. The van der Waals surface area contributed by atoms with Crippen molar-refractivity contribution in [3.63, 3.8) is 0 Å². The number of rotatable bonds is 4. The second-order valence-corrected chi connectivity index (χ2v) is 4.68. The van der Waals surface area contributed by atoms with Gasteiger partial charge in [0.2, 0.25) is 0 Å². The Kier molecular flexibility index (Phi) is 4.32.